The number of unbranched alkanes of at least 4 members (excludes halogenated alkanes) is 2. The third-order valence-electron chi connectivity index (χ3n) is 7.38. The molecule has 2 amide bonds. The quantitative estimate of drug-likeness (QED) is 0.264. The highest BCUT2D eigenvalue weighted by Gasteiger charge is 2.77. The maximum atomic E-state index is 13.9. The van der Waals surface area contributed by atoms with E-state index in [4.69, 9.17) is 4.74 Å². The second kappa shape index (κ2) is 10.2. The van der Waals surface area contributed by atoms with E-state index in [0.717, 1.165) is 25.7 Å². The monoisotopic (exact) mass is 478 g/mol. The van der Waals surface area contributed by atoms with Crippen LogP contribution in [-0.2, 0) is 19.1 Å². The van der Waals surface area contributed by atoms with Crippen molar-refractivity contribution in [3.8, 4) is 0 Å². The predicted molar refractivity (Wildman–Crippen MR) is 130 cm³/mol. The first-order valence-corrected chi connectivity index (χ1v) is 12.8. The molecule has 3 aliphatic rings. The molecule has 3 saturated heterocycles. The van der Waals surface area contributed by atoms with Crippen LogP contribution >= 0.6 is 11.8 Å². The number of carbonyl (C=O) groups is 3. The molecule has 184 valence electrons. The van der Waals surface area contributed by atoms with Gasteiger partial charge in [0.25, 0.3) is 0 Å². The number of allylic oxidation sites excluding steroid dienone is 1. The Morgan fingerprint density at radius 2 is 2.03 bits per heavy atom. The Kier molecular flexibility index (Phi) is 7.99. The van der Waals surface area contributed by atoms with E-state index in [1.54, 1.807) is 22.7 Å². The summed E-state index contributed by atoms with van der Waals surface area (Å²) in [5.41, 5.74) is 0. The van der Waals surface area contributed by atoms with Gasteiger partial charge in [0, 0.05) is 23.9 Å². The van der Waals surface area contributed by atoms with Crippen molar-refractivity contribution in [3.05, 3.63) is 25.3 Å². The third kappa shape index (κ3) is 4.36. The number of hydrogen-bond donors (Lipinski definition) is 1. The zero-order valence-electron chi connectivity index (χ0n) is 20.1. The van der Waals surface area contributed by atoms with Gasteiger partial charge in [-0.3, -0.25) is 14.4 Å². The SMILES string of the molecule is C=CCCCCOC(=O)[C@@H]1[C@H]2C(=O)N(CCO)C(C(=O)N(CC=C)C(C)C)C23CC[C@@]1(C)S3. The second-order valence-electron chi connectivity index (χ2n) is 9.81. The zero-order chi connectivity index (χ0) is 24.4. The molecule has 0 aliphatic carbocycles. The molecule has 5 atom stereocenters. The number of thioether (sulfide) groups is 1. The minimum atomic E-state index is -0.707. The Morgan fingerprint density at radius 1 is 1.30 bits per heavy atom. The van der Waals surface area contributed by atoms with Gasteiger partial charge < -0.3 is 19.6 Å². The molecule has 3 rings (SSSR count). The average Bonchev–Trinajstić information content (AvgIpc) is 3.32. The van der Waals surface area contributed by atoms with Crippen molar-refractivity contribution >= 4 is 29.5 Å². The van der Waals surface area contributed by atoms with E-state index in [0.29, 0.717) is 19.6 Å². The van der Waals surface area contributed by atoms with Crippen molar-refractivity contribution in [2.24, 2.45) is 11.8 Å². The molecule has 1 N–H and O–H groups in total. The highest BCUT2D eigenvalue weighted by Crippen LogP contribution is 2.71. The summed E-state index contributed by atoms with van der Waals surface area (Å²) in [6, 6.07) is -0.769. The van der Waals surface area contributed by atoms with Gasteiger partial charge in [-0.25, -0.2) is 0 Å². The topological polar surface area (TPSA) is 87.1 Å². The van der Waals surface area contributed by atoms with E-state index in [-0.39, 0.29) is 37.0 Å². The lowest BCUT2D eigenvalue weighted by Crippen LogP contribution is -2.56. The summed E-state index contributed by atoms with van der Waals surface area (Å²) >= 11 is 1.62. The number of rotatable bonds is 12. The molecule has 7 nitrogen and oxygen atoms in total. The number of β-amino-alcohol motifs (C(OH)–C–C–N with tert-alkyl or cyclic N) is 1. The molecule has 33 heavy (non-hydrogen) atoms. The lowest BCUT2D eigenvalue weighted by atomic mass is 9.66. The minimum absolute atomic E-state index is 0.0625. The van der Waals surface area contributed by atoms with Crippen LogP contribution in [0, 0.1) is 11.8 Å². The van der Waals surface area contributed by atoms with E-state index in [1.807, 2.05) is 26.8 Å². The van der Waals surface area contributed by atoms with Crippen molar-refractivity contribution in [3.63, 3.8) is 0 Å². The van der Waals surface area contributed by atoms with Crippen LogP contribution in [0.25, 0.3) is 0 Å². The fraction of sp³-hybridized carbons (Fsp3) is 0.720. The highest BCUT2D eigenvalue weighted by atomic mass is 32.2. The zero-order valence-corrected chi connectivity index (χ0v) is 20.9. The first-order chi connectivity index (χ1) is 15.7. The van der Waals surface area contributed by atoms with Gasteiger partial charge in [0.15, 0.2) is 0 Å². The van der Waals surface area contributed by atoms with E-state index in [9.17, 15) is 19.5 Å². The molecule has 0 aromatic rings. The summed E-state index contributed by atoms with van der Waals surface area (Å²) in [5.74, 6) is -1.89. The number of amides is 2. The molecule has 2 unspecified atom stereocenters. The number of likely N-dealkylation sites (tertiary alicyclic amines) is 1. The molecule has 1 spiro atoms. The predicted octanol–water partition coefficient (Wildman–Crippen LogP) is 2.78. The average molecular weight is 479 g/mol. The summed E-state index contributed by atoms with van der Waals surface area (Å²) < 4.78 is 4.52. The van der Waals surface area contributed by atoms with Gasteiger partial charge in [-0.1, -0.05) is 12.2 Å². The van der Waals surface area contributed by atoms with E-state index < -0.39 is 27.4 Å². The van der Waals surface area contributed by atoms with Gasteiger partial charge in [0.05, 0.1) is 29.8 Å². The lowest BCUT2D eigenvalue weighted by Gasteiger charge is -2.38. The van der Waals surface area contributed by atoms with Crippen molar-refractivity contribution < 1.29 is 24.2 Å². The molecule has 0 aromatic heterocycles. The van der Waals surface area contributed by atoms with E-state index in [1.165, 1.54) is 4.90 Å². The summed E-state index contributed by atoms with van der Waals surface area (Å²) in [5, 5.41) is 9.70. The van der Waals surface area contributed by atoms with Gasteiger partial charge >= 0.3 is 5.97 Å². The molecule has 8 heteroatoms. The first kappa shape index (κ1) is 25.8. The normalized spacial score (nSPS) is 32.2. The molecule has 3 fully saturated rings. The number of hydrogen-bond acceptors (Lipinski definition) is 6. The number of esters is 1. The molecule has 3 aliphatic heterocycles. The van der Waals surface area contributed by atoms with Crippen LogP contribution in [-0.4, -0.2) is 80.6 Å². The summed E-state index contributed by atoms with van der Waals surface area (Å²) in [6.07, 6.45) is 7.48. The van der Waals surface area contributed by atoms with Crippen LogP contribution in [0.15, 0.2) is 25.3 Å². The van der Waals surface area contributed by atoms with Gasteiger partial charge in [0.1, 0.15) is 6.04 Å². The number of nitrogens with zero attached hydrogens (tertiary/aromatic N) is 2. The summed E-state index contributed by atoms with van der Waals surface area (Å²) in [6.45, 7) is 13.9. The fourth-order valence-electron chi connectivity index (χ4n) is 5.92. The smallest absolute Gasteiger partial charge is 0.311 e. The molecule has 3 heterocycles. The Bertz CT molecular complexity index is 802. The maximum absolute atomic E-state index is 13.9. The summed E-state index contributed by atoms with van der Waals surface area (Å²) in [7, 11) is 0. The number of aliphatic hydroxyl groups is 1. The number of ether oxygens (including phenoxy) is 1. The molecular weight excluding hydrogens is 440 g/mol. The Balaban J connectivity index is 1.92. The molecule has 0 radical (unpaired) electrons. The summed E-state index contributed by atoms with van der Waals surface area (Å²) in [4.78, 5) is 44.1. The van der Waals surface area contributed by atoms with Crippen LogP contribution in [0.5, 0.6) is 0 Å². The van der Waals surface area contributed by atoms with Gasteiger partial charge in [0.2, 0.25) is 11.8 Å². The van der Waals surface area contributed by atoms with Crippen molar-refractivity contribution in [2.75, 3.05) is 26.3 Å². The second-order valence-corrected chi connectivity index (χ2v) is 11.7. The van der Waals surface area contributed by atoms with Gasteiger partial charge in [-0.15, -0.1) is 24.9 Å². The van der Waals surface area contributed by atoms with Crippen LogP contribution in [0.2, 0.25) is 0 Å². The Morgan fingerprint density at radius 3 is 2.64 bits per heavy atom. The number of aliphatic hydroxyl groups excluding tert-OH is 1. The lowest BCUT2D eigenvalue weighted by molar-refractivity contribution is -0.155. The Hall–Kier alpha value is -1.80. The van der Waals surface area contributed by atoms with Crippen LogP contribution in [0.1, 0.15) is 52.9 Å². The molecular formula is C25H38N2O5S. The first-order valence-electron chi connectivity index (χ1n) is 12.0. The number of carbonyl (C=O) groups excluding carboxylic acids is 3. The fourth-order valence-corrected chi connectivity index (χ4v) is 8.25. The van der Waals surface area contributed by atoms with Gasteiger partial charge in [-0.2, -0.15) is 0 Å². The minimum Gasteiger partial charge on any atom is -0.465 e. The van der Waals surface area contributed by atoms with Crippen molar-refractivity contribution in [2.45, 2.75) is 74.5 Å². The maximum Gasteiger partial charge on any atom is 0.311 e. The van der Waals surface area contributed by atoms with Crippen LogP contribution in [0.3, 0.4) is 0 Å². The Labute approximate surface area is 201 Å². The third-order valence-corrected chi connectivity index (χ3v) is 9.37. The van der Waals surface area contributed by atoms with Crippen molar-refractivity contribution in [1.29, 1.82) is 0 Å². The largest absolute Gasteiger partial charge is 0.465 e. The van der Waals surface area contributed by atoms with Crippen LogP contribution in [0.4, 0.5) is 0 Å². The van der Waals surface area contributed by atoms with E-state index >= 15 is 0 Å². The highest BCUT2D eigenvalue weighted by molar-refractivity contribution is 8.02. The molecule has 2 bridgehead atoms. The van der Waals surface area contributed by atoms with Crippen molar-refractivity contribution in [1.82, 2.24) is 9.80 Å². The van der Waals surface area contributed by atoms with E-state index in [2.05, 4.69) is 13.2 Å². The van der Waals surface area contributed by atoms with Gasteiger partial charge in [-0.05, 0) is 52.9 Å². The molecule has 0 aromatic carbocycles. The standard InChI is InChI=1S/C25H38N2O5S/c1-6-8-9-10-16-32-23(31)19-18-21(29)27(14-15-28)20(22(30)26(13-7-2)17(3)4)25(18)12-11-24(19,5)33-25/h6-7,17-20,28H,1-2,8-16H2,3-5H3/t18-,19-,20?,24+,25?/m0/s1. The van der Waals surface area contributed by atoms with Crippen LogP contribution < -0.4 is 0 Å². The number of fused-ring (bicyclic) bond motifs is 1. The molecule has 0 saturated carbocycles.